The van der Waals surface area contributed by atoms with Gasteiger partial charge in [0.25, 0.3) is 5.91 Å². The fraction of sp³-hybridized carbons (Fsp3) is 0.429. The fourth-order valence-electron chi connectivity index (χ4n) is 3.97. The molecule has 0 atom stereocenters. The Bertz CT molecular complexity index is 991. The predicted molar refractivity (Wildman–Crippen MR) is 116 cm³/mol. The highest BCUT2D eigenvalue weighted by Gasteiger charge is 2.26. The fourth-order valence-corrected chi connectivity index (χ4v) is 4.65. The minimum Gasteiger partial charge on any atom is -0.355 e. The summed E-state index contributed by atoms with van der Waals surface area (Å²) in [5.74, 6) is 2.30. The van der Waals surface area contributed by atoms with E-state index in [0.717, 1.165) is 42.8 Å². The first-order valence-electron chi connectivity index (χ1n) is 10.4. The van der Waals surface area contributed by atoms with E-state index in [0.29, 0.717) is 24.5 Å². The third-order valence-electron chi connectivity index (χ3n) is 5.65. The number of nitrogens with zero attached hydrogens (tertiary/aromatic N) is 6. The van der Waals surface area contributed by atoms with Crippen LogP contribution in [0, 0.1) is 0 Å². The van der Waals surface area contributed by atoms with Crippen molar-refractivity contribution in [2.75, 3.05) is 49.1 Å². The molecule has 0 N–H and O–H groups in total. The van der Waals surface area contributed by atoms with Crippen molar-refractivity contribution in [2.45, 2.75) is 19.3 Å². The molecule has 0 aliphatic carbocycles. The van der Waals surface area contributed by atoms with Crippen LogP contribution in [-0.4, -0.2) is 65.2 Å². The van der Waals surface area contributed by atoms with Gasteiger partial charge in [-0.3, -0.25) is 4.79 Å². The maximum absolute atomic E-state index is 12.8. The van der Waals surface area contributed by atoms with Gasteiger partial charge in [0.1, 0.15) is 5.82 Å². The van der Waals surface area contributed by atoms with Crippen molar-refractivity contribution in [3.05, 3.63) is 41.5 Å². The first kappa shape index (κ1) is 19.0. The lowest BCUT2D eigenvalue weighted by Crippen LogP contribution is -2.49. The number of rotatable bonds is 4. The molecule has 1 amide bonds. The Morgan fingerprint density at radius 2 is 1.83 bits per heavy atom. The van der Waals surface area contributed by atoms with E-state index in [9.17, 15) is 4.79 Å². The smallest absolute Gasteiger partial charge is 0.276 e. The van der Waals surface area contributed by atoms with Crippen LogP contribution in [0.3, 0.4) is 0 Å². The normalized spacial score (nSPS) is 17.4. The van der Waals surface area contributed by atoms with Crippen molar-refractivity contribution in [3.8, 4) is 10.6 Å². The highest BCUT2D eigenvalue weighted by atomic mass is 32.1. The van der Waals surface area contributed by atoms with E-state index in [4.69, 9.17) is 9.51 Å². The van der Waals surface area contributed by atoms with Crippen LogP contribution < -0.4 is 9.80 Å². The molecule has 0 spiro atoms. The lowest BCUT2D eigenvalue weighted by molar-refractivity contribution is 0.0736. The zero-order valence-corrected chi connectivity index (χ0v) is 17.6. The largest absolute Gasteiger partial charge is 0.355 e. The van der Waals surface area contributed by atoms with Crippen LogP contribution >= 0.6 is 11.3 Å². The van der Waals surface area contributed by atoms with Crippen molar-refractivity contribution in [1.82, 2.24) is 20.0 Å². The number of piperazine rings is 1. The molecule has 3 aromatic heterocycles. The number of aromatic nitrogens is 3. The van der Waals surface area contributed by atoms with Gasteiger partial charge in [-0.1, -0.05) is 11.2 Å². The van der Waals surface area contributed by atoms with E-state index >= 15 is 0 Å². The monoisotopic (exact) mass is 424 g/mol. The van der Waals surface area contributed by atoms with Gasteiger partial charge in [-0.15, -0.1) is 11.3 Å². The summed E-state index contributed by atoms with van der Waals surface area (Å²) < 4.78 is 5.36. The quantitative estimate of drug-likeness (QED) is 0.637. The van der Waals surface area contributed by atoms with E-state index in [1.165, 1.54) is 19.3 Å². The second-order valence-electron chi connectivity index (χ2n) is 7.60. The van der Waals surface area contributed by atoms with E-state index in [1.54, 1.807) is 17.4 Å². The molecule has 0 saturated carbocycles. The van der Waals surface area contributed by atoms with Gasteiger partial charge >= 0.3 is 0 Å². The lowest BCUT2D eigenvalue weighted by Gasteiger charge is -2.35. The van der Waals surface area contributed by atoms with Gasteiger partial charge in [0.05, 0.1) is 4.88 Å². The molecule has 5 heterocycles. The molecule has 0 aromatic carbocycles. The SMILES string of the molecule is O=C(c1cc(-c2cccs2)on1)N1CCN(c2ccnc(N3CCCCC3)n2)CC1. The van der Waals surface area contributed by atoms with Gasteiger partial charge in [-0.05, 0) is 36.8 Å². The Balaban J connectivity index is 1.22. The maximum Gasteiger partial charge on any atom is 0.276 e. The number of hydrogen-bond donors (Lipinski definition) is 0. The average Bonchev–Trinajstić information content (AvgIpc) is 3.52. The number of piperidine rings is 1. The summed E-state index contributed by atoms with van der Waals surface area (Å²) in [6, 6.07) is 7.59. The molecule has 9 heteroatoms. The van der Waals surface area contributed by atoms with Crippen molar-refractivity contribution in [3.63, 3.8) is 0 Å². The third-order valence-corrected chi connectivity index (χ3v) is 6.54. The van der Waals surface area contributed by atoms with Crippen LogP contribution in [0.4, 0.5) is 11.8 Å². The Hall–Kier alpha value is -2.94. The molecule has 3 aromatic rings. The Morgan fingerprint density at radius 1 is 1.00 bits per heavy atom. The van der Waals surface area contributed by atoms with Gasteiger partial charge in [-0.2, -0.15) is 4.98 Å². The summed E-state index contributed by atoms with van der Waals surface area (Å²) in [5.41, 5.74) is 0.362. The van der Waals surface area contributed by atoms with Crippen molar-refractivity contribution < 1.29 is 9.32 Å². The van der Waals surface area contributed by atoms with E-state index < -0.39 is 0 Å². The zero-order valence-electron chi connectivity index (χ0n) is 16.7. The Morgan fingerprint density at radius 3 is 2.60 bits per heavy atom. The summed E-state index contributed by atoms with van der Waals surface area (Å²) in [4.78, 5) is 29.4. The molecule has 2 fully saturated rings. The number of carbonyl (C=O) groups excluding carboxylic acids is 1. The number of hydrogen-bond acceptors (Lipinski definition) is 8. The van der Waals surface area contributed by atoms with E-state index in [1.807, 2.05) is 34.7 Å². The number of amides is 1. The minimum atomic E-state index is -0.0853. The molecule has 0 radical (unpaired) electrons. The van der Waals surface area contributed by atoms with Crippen molar-refractivity contribution in [2.24, 2.45) is 0 Å². The first-order valence-corrected chi connectivity index (χ1v) is 11.3. The van der Waals surface area contributed by atoms with Crippen LogP contribution in [0.1, 0.15) is 29.8 Å². The summed E-state index contributed by atoms with van der Waals surface area (Å²) >= 11 is 1.57. The molecule has 2 saturated heterocycles. The minimum absolute atomic E-state index is 0.0853. The lowest BCUT2D eigenvalue weighted by atomic mass is 10.1. The van der Waals surface area contributed by atoms with Gasteiger partial charge in [0, 0.05) is 51.5 Å². The number of carbonyl (C=O) groups is 1. The van der Waals surface area contributed by atoms with Crippen LogP contribution in [0.15, 0.2) is 40.4 Å². The van der Waals surface area contributed by atoms with Crippen LogP contribution in [0.25, 0.3) is 10.6 Å². The molecule has 0 bridgehead atoms. The molecule has 2 aliphatic heterocycles. The highest BCUT2D eigenvalue weighted by molar-refractivity contribution is 7.13. The highest BCUT2D eigenvalue weighted by Crippen LogP contribution is 2.26. The number of thiophene rings is 1. The molecule has 2 aliphatic rings. The van der Waals surface area contributed by atoms with Gasteiger partial charge in [0.2, 0.25) is 5.95 Å². The van der Waals surface area contributed by atoms with E-state index in [2.05, 4.69) is 19.9 Å². The number of anilines is 2. The average molecular weight is 425 g/mol. The van der Waals surface area contributed by atoms with Crippen LogP contribution in [0.2, 0.25) is 0 Å². The molecular weight excluding hydrogens is 400 g/mol. The predicted octanol–water partition coefficient (Wildman–Crippen LogP) is 3.15. The second-order valence-corrected chi connectivity index (χ2v) is 8.54. The summed E-state index contributed by atoms with van der Waals surface area (Å²) in [6.07, 6.45) is 5.52. The first-order chi connectivity index (χ1) is 14.8. The van der Waals surface area contributed by atoms with Crippen LogP contribution in [-0.2, 0) is 0 Å². The van der Waals surface area contributed by atoms with E-state index in [-0.39, 0.29) is 5.91 Å². The topological polar surface area (TPSA) is 78.6 Å². The van der Waals surface area contributed by atoms with Gasteiger partial charge < -0.3 is 19.2 Å². The molecule has 30 heavy (non-hydrogen) atoms. The Labute approximate surface area is 179 Å². The zero-order chi connectivity index (χ0) is 20.3. The Kier molecular flexibility index (Phi) is 5.35. The van der Waals surface area contributed by atoms with Gasteiger partial charge in [0.15, 0.2) is 11.5 Å². The second kappa shape index (κ2) is 8.43. The molecular formula is C21H24N6O2S. The molecule has 0 unspecified atom stereocenters. The summed E-state index contributed by atoms with van der Waals surface area (Å²) in [5, 5.41) is 5.96. The van der Waals surface area contributed by atoms with Gasteiger partial charge in [-0.25, -0.2) is 4.98 Å². The summed E-state index contributed by atoms with van der Waals surface area (Å²) in [6.45, 7) is 4.77. The van der Waals surface area contributed by atoms with Crippen molar-refractivity contribution in [1.29, 1.82) is 0 Å². The maximum atomic E-state index is 12.8. The molecule has 8 nitrogen and oxygen atoms in total. The summed E-state index contributed by atoms with van der Waals surface area (Å²) in [7, 11) is 0. The molecule has 5 rings (SSSR count). The standard InChI is InChI=1S/C21H24N6O2S/c28-20(16-15-17(29-24-16)18-5-4-14-30-18)26-12-10-25(11-13-26)19-6-7-22-21(23-19)27-8-2-1-3-9-27/h4-7,14-15H,1-3,8-13H2. The third kappa shape index (κ3) is 3.89. The molecule has 156 valence electrons. The van der Waals surface area contributed by atoms with Crippen molar-refractivity contribution >= 4 is 29.0 Å². The van der Waals surface area contributed by atoms with Crippen LogP contribution in [0.5, 0.6) is 0 Å².